The average Bonchev–Trinajstić information content (AvgIpc) is 3.02. The zero-order valence-electron chi connectivity index (χ0n) is 16.7. The number of nitrogens with zero attached hydrogens (tertiary/aromatic N) is 1. The first kappa shape index (κ1) is 20.6. The molecular weight excluding hydrogens is 416 g/mol. The molecule has 1 N–H and O–H groups in total. The Balaban J connectivity index is 1.53. The lowest BCUT2D eigenvalue weighted by atomic mass is 10.1. The zero-order valence-corrected chi connectivity index (χ0v) is 17.5. The van der Waals surface area contributed by atoms with Crippen molar-refractivity contribution in [2.75, 3.05) is 7.11 Å². The van der Waals surface area contributed by atoms with E-state index < -0.39 is 0 Å². The first-order valence-corrected chi connectivity index (χ1v) is 10.0. The van der Waals surface area contributed by atoms with Crippen molar-refractivity contribution in [1.82, 2.24) is 10.2 Å². The van der Waals surface area contributed by atoms with Crippen LogP contribution >= 0.6 is 11.6 Å². The zero-order chi connectivity index (χ0) is 22.0. The molecule has 156 valence electrons. The van der Waals surface area contributed by atoms with Gasteiger partial charge in [0.15, 0.2) is 0 Å². The van der Waals surface area contributed by atoms with E-state index in [4.69, 9.17) is 16.3 Å². The number of hydrogen-bond donors (Lipinski definition) is 1. The molecule has 0 atom stereocenters. The molecule has 31 heavy (non-hydrogen) atoms. The first-order valence-electron chi connectivity index (χ1n) is 9.62. The number of fused-ring (bicyclic) bond motifs is 1. The smallest absolute Gasteiger partial charge is 0.261 e. The van der Waals surface area contributed by atoms with Crippen LogP contribution in [0.4, 0.5) is 0 Å². The highest BCUT2D eigenvalue weighted by atomic mass is 35.5. The number of nitrogens with one attached hydrogen (secondary N) is 1. The third-order valence-electron chi connectivity index (χ3n) is 5.07. The molecule has 0 radical (unpaired) electrons. The van der Waals surface area contributed by atoms with E-state index in [1.807, 2.05) is 12.1 Å². The third kappa shape index (κ3) is 4.15. The molecule has 0 saturated carbocycles. The van der Waals surface area contributed by atoms with E-state index in [2.05, 4.69) is 5.32 Å². The second kappa shape index (κ2) is 8.62. The summed E-state index contributed by atoms with van der Waals surface area (Å²) < 4.78 is 5.33. The second-order valence-electron chi connectivity index (χ2n) is 7.09. The fourth-order valence-corrected chi connectivity index (χ4v) is 3.73. The molecule has 0 bridgehead atoms. The number of carbonyl (C=O) groups is 3. The minimum atomic E-state index is -0.344. The molecule has 1 aliphatic heterocycles. The molecule has 3 aromatic rings. The summed E-state index contributed by atoms with van der Waals surface area (Å²) in [5.74, 6) is -0.623. The minimum absolute atomic E-state index is 0.0604. The van der Waals surface area contributed by atoms with Gasteiger partial charge in [-0.15, -0.1) is 0 Å². The van der Waals surface area contributed by atoms with Crippen LogP contribution in [-0.2, 0) is 13.1 Å². The van der Waals surface area contributed by atoms with Gasteiger partial charge in [0.05, 0.1) is 30.3 Å². The summed E-state index contributed by atoms with van der Waals surface area (Å²) in [6.07, 6.45) is 0. The van der Waals surface area contributed by atoms with Crippen LogP contribution in [0.2, 0.25) is 5.02 Å². The lowest BCUT2D eigenvalue weighted by Crippen LogP contribution is -2.29. The quantitative estimate of drug-likeness (QED) is 0.593. The number of hydrogen-bond acceptors (Lipinski definition) is 4. The highest BCUT2D eigenvalue weighted by Gasteiger charge is 2.35. The Hall–Kier alpha value is -3.64. The van der Waals surface area contributed by atoms with Gasteiger partial charge in [0, 0.05) is 11.6 Å². The molecule has 6 nitrogen and oxygen atoms in total. The van der Waals surface area contributed by atoms with Crippen molar-refractivity contribution >= 4 is 29.3 Å². The van der Waals surface area contributed by atoms with Gasteiger partial charge in [0.2, 0.25) is 0 Å². The van der Waals surface area contributed by atoms with E-state index in [-0.39, 0.29) is 24.3 Å². The monoisotopic (exact) mass is 434 g/mol. The maximum atomic E-state index is 12.8. The summed E-state index contributed by atoms with van der Waals surface area (Å²) in [5.41, 5.74) is 2.60. The Morgan fingerprint density at radius 2 is 1.65 bits per heavy atom. The summed E-state index contributed by atoms with van der Waals surface area (Å²) in [6.45, 7) is 0.357. The topological polar surface area (TPSA) is 75.7 Å². The lowest BCUT2D eigenvalue weighted by molar-refractivity contribution is 0.0642. The largest absolute Gasteiger partial charge is 0.496 e. The van der Waals surface area contributed by atoms with Gasteiger partial charge in [-0.25, -0.2) is 0 Å². The Morgan fingerprint density at radius 1 is 0.935 bits per heavy atom. The summed E-state index contributed by atoms with van der Waals surface area (Å²) >= 11 is 5.99. The second-order valence-corrected chi connectivity index (χ2v) is 7.53. The third-order valence-corrected chi connectivity index (χ3v) is 5.30. The van der Waals surface area contributed by atoms with E-state index >= 15 is 0 Å². The van der Waals surface area contributed by atoms with E-state index in [1.54, 1.807) is 54.6 Å². The molecule has 1 heterocycles. The summed E-state index contributed by atoms with van der Waals surface area (Å²) in [6, 6.07) is 19.0. The number of ether oxygens (including phenoxy) is 1. The Labute approximate surface area is 184 Å². The molecule has 0 aliphatic carbocycles. The van der Waals surface area contributed by atoms with Crippen LogP contribution in [-0.4, -0.2) is 29.7 Å². The van der Waals surface area contributed by atoms with E-state index in [0.717, 1.165) is 5.56 Å². The van der Waals surface area contributed by atoms with Gasteiger partial charge in [-0.1, -0.05) is 41.9 Å². The molecule has 0 spiro atoms. The van der Waals surface area contributed by atoms with Crippen LogP contribution in [0, 0.1) is 0 Å². The molecule has 3 aromatic carbocycles. The number of amides is 3. The molecule has 0 saturated heterocycles. The van der Waals surface area contributed by atoms with Crippen LogP contribution in [0.25, 0.3) is 0 Å². The molecule has 1 aliphatic rings. The van der Waals surface area contributed by atoms with Crippen molar-refractivity contribution in [2.45, 2.75) is 13.1 Å². The number of imide groups is 1. The molecule has 3 amide bonds. The Kier molecular flexibility index (Phi) is 5.73. The van der Waals surface area contributed by atoms with Crippen molar-refractivity contribution in [1.29, 1.82) is 0 Å². The molecule has 0 aromatic heterocycles. The van der Waals surface area contributed by atoms with Crippen LogP contribution < -0.4 is 10.1 Å². The summed E-state index contributed by atoms with van der Waals surface area (Å²) in [4.78, 5) is 39.2. The maximum absolute atomic E-state index is 12.8. The molecule has 0 fully saturated rings. The first-order chi connectivity index (χ1) is 15.0. The van der Waals surface area contributed by atoms with Crippen molar-refractivity contribution < 1.29 is 19.1 Å². The lowest BCUT2D eigenvalue weighted by Gasteiger charge is -2.16. The number of halogens is 1. The minimum Gasteiger partial charge on any atom is -0.496 e. The highest BCUT2D eigenvalue weighted by Crippen LogP contribution is 2.26. The van der Waals surface area contributed by atoms with Crippen LogP contribution in [0.5, 0.6) is 5.75 Å². The van der Waals surface area contributed by atoms with Crippen molar-refractivity contribution in [3.05, 3.63) is 99.6 Å². The van der Waals surface area contributed by atoms with Gasteiger partial charge >= 0.3 is 0 Å². The van der Waals surface area contributed by atoms with Gasteiger partial charge in [0.1, 0.15) is 5.75 Å². The van der Waals surface area contributed by atoms with Gasteiger partial charge in [-0.05, 0) is 47.5 Å². The number of rotatable bonds is 6. The molecule has 4 rings (SSSR count). The predicted molar refractivity (Wildman–Crippen MR) is 116 cm³/mol. The highest BCUT2D eigenvalue weighted by molar-refractivity contribution is 6.30. The van der Waals surface area contributed by atoms with E-state index in [9.17, 15) is 14.4 Å². The van der Waals surface area contributed by atoms with Gasteiger partial charge in [-0.2, -0.15) is 0 Å². The summed E-state index contributed by atoms with van der Waals surface area (Å²) in [7, 11) is 1.48. The number of carbonyl (C=O) groups excluding carboxylic acids is 3. The number of benzene rings is 3. The van der Waals surface area contributed by atoms with E-state index in [1.165, 1.54) is 12.0 Å². The predicted octanol–water partition coefficient (Wildman–Crippen LogP) is 4.07. The normalized spacial score (nSPS) is 12.6. The maximum Gasteiger partial charge on any atom is 0.261 e. The van der Waals surface area contributed by atoms with Gasteiger partial charge < -0.3 is 10.1 Å². The van der Waals surface area contributed by atoms with Gasteiger partial charge in [0.25, 0.3) is 17.7 Å². The number of methoxy groups -OCH3 is 1. The Morgan fingerprint density at radius 3 is 2.29 bits per heavy atom. The molecule has 0 unspecified atom stereocenters. The van der Waals surface area contributed by atoms with Crippen molar-refractivity contribution in [3.63, 3.8) is 0 Å². The van der Waals surface area contributed by atoms with Crippen molar-refractivity contribution in [2.24, 2.45) is 0 Å². The molecular formula is C24H19ClN2O4. The van der Waals surface area contributed by atoms with Crippen LogP contribution in [0.15, 0.2) is 66.7 Å². The standard InChI is InChI=1S/C24H19ClN2O4/c1-31-21-10-9-16(14-27-23(29)18-7-2-3-8-19(18)24(27)30)12-20(21)22(28)26-13-15-5-4-6-17(25)11-15/h2-12H,13-14H2,1H3,(H,26,28). The fourth-order valence-electron chi connectivity index (χ4n) is 3.52. The van der Waals surface area contributed by atoms with Crippen LogP contribution in [0.3, 0.4) is 0 Å². The van der Waals surface area contributed by atoms with Gasteiger partial charge in [-0.3, -0.25) is 19.3 Å². The van der Waals surface area contributed by atoms with E-state index in [0.29, 0.717) is 39.6 Å². The fraction of sp³-hybridized carbons (Fsp3) is 0.125. The van der Waals surface area contributed by atoms with Crippen LogP contribution in [0.1, 0.15) is 42.2 Å². The summed E-state index contributed by atoms with van der Waals surface area (Å²) in [5, 5.41) is 3.43. The van der Waals surface area contributed by atoms with Crippen molar-refractivity contribution in [3.8, 4) is 5.75 Å². The Bertz CT molecular complexity index is 1160. The SMILES string of the molecule is COc1ccc(CN2C(=O)c3ccccc3C2=O)cc1C(=O)NCc1cccc(Cl)c1. The molecule has 7 heteroatoms. The average molecular weight is 435 g/mol.